The lowest BCUT2D eigenvalue weighted by Gasteiger charge is -2.20. The van der Waals surface area contributed by atoms with Gasteiger partial charge in [0.2, 0.25) is 0 Å². The standard InChI is InChI=1S/C10H18N4O/c1-3-14(6-4-5-11)10(15)9-7-12-8-13(9)2/h7-8H,3-6,11H2,1-2H3. The van der Waals surface area contributed by atoms with Crippen LogP contribution in [0.4, 0.5) is 0 Å². The normalized spacial score (nSPS) is 10.3. The van der Waals surface area contributed by atoms with Crippen LogP contribution in [0.1, 0.15) is 23.8 Å². The molecule has 0 aromatic carbocycles. The van der Waals surface area contributed by atoms with E-state index in [4.69, 9.17) is 5.73 Å². The molecule has 1 aromatic rings. The number of nitrogens with zero attached hydrogens (tertiary/aromatic N) is 3. The highest BCUT2D eigenvalue weighted by molar-refractivity contribution is 5.92. The molecule has 1 amide bonds. The van der Waals surface area contributed by atoms with E-state index in [0.29, 0.717) is 25.3 Å². The van der Waals surface area contributed by atoms with Crippen LogP contribution in [-0.4, -0.2) is 40.0 Å². The number of aromatic nitrogens is 2. The largest absolute Gasteiger partial charge is 0.338 e. The van der Waals surface area contributed by atoms with E-state index in [1.165, 1.54) is 0 Å². The molecule has 15 heavy (non-hydrogen) atoms. The van der Waals surface area contributed by atoms with Crippen molar-refractivity contribution in [3.8, 4) is 0 Å². The van der Waals surface area contributed by atoms with Crippen LogP contribution in [0.3, 0.4) is 0 Å². The van der Waals surface area contributed by atoms with Gasteiger partial charge < -0.3 is 15.2 Å². The van der Waals surface area contributed by atoms with Gasteiger partial charge in [-0.1, -0.05) is 0 Å². The average Bonchev–Trinajstić information content (AvgIpc) is 2.65. The maximum atomic E-state index is 12.0. The number of aryl methyl sites for hydroxylation is 1. The number of rotatable bonds is 5. The molecule has 0 unspecified atom stereocenters. The van der Waals surface area contributed by atoms with Gasteiger partial charge in [0.05, 0.1) is 12.5 Å². The molecule has 0 aliphatic rings. The zero-order valence-corrected chi connectivity index (χ0v) is 9.31. The van der Waals surface area contributed by atoms with E-state index >= 15 is 0 Å². The number of hydrogen-bond acceptors (Lipinski definition) is 3. The predicted molar refractivity (Wildman–Crippen MR) is 58.5 cm³/mol. The maximum Gasteiger partial charge on any atom is 0.272 e. The third-order valence-corrected chi connectivity index (χ3v) is 2.34. The van der Waals surface area contributed by atoms with Gasteiger partial charge in [0.1, 0.15) is 5.69 Å². The first-order valence-electron chi connectivity index (χ1n) is 5.16. The van der Waals surface area contributed by atoms with Gasteiger partial charge in [-0.3, -0.25) is 4.79 Å². The Kier molecular flexibility index (Phi) is 4.30. The first kappa shape index (κ1) is 11.7. The lowest BCUT2D eigenvalue weighted by Crippen LogP contribution is -2.33. The van der Waals surface area contributed by atoms with Crippen molar-refractivity contribution in [2.75, 3.05) is 19.6 Å². The van der Waals surface area contributed by atoms with E-state index in [1.54, 1.807) is 22.0 Å². The molecular formula is C10H18N4O. The van der Waals surface area contributed by atoms with E-state index in [2.05, 4.69) is 4.98 Å². The molecule has 5 nitrogen and oxygen atoms in total. The molecule has 0 atom stereocenters. The van der Waals surface area contributed by atoms with E-state index in [9.17, 15) is 4.79 Å². The summed E-state index contributed by atoms with van der Waals surface area (Å²) in [7, 11) is 1.82. The fraction of sp³-hybridized carbons (Fsp3) is 0.600. The van der Waals surface area contributed by atoms with Crippen molar-refractivity contribution in [3.63, 3.8) is 0 Å². The highest BCUT2D eigenvalue weighted by Crippen LogP contribution is 2.03. The minimum atomic E-state index is 0.0194. The molecule has 0 aliphatic heterocycles. The Hall–Kier alpha value is -1.36. The van der Waals surface area contributed by atoms with Crippen LogP contribution in [0.15, 0.2) is 12.5 Å². The molecule has 1 rings (SSSR count). The van der Waals surface area contributed by atoms with Crippen molar-refractivity contribution < 1.29 is 4.79 Å². The fourth-order valence-corrected chi connectivity index (χ4v) is 1.41. The van der Waals surface area contributed by atoms with Crippen LogP contribution in [0.25, 0.3) is 0 Å². The lowest BCUT2D eigenvalue weighted by molar-refractivity contribution is 0.0754. The summed E-state index contributed by atoms with van der Waals surface area (Å²) in [5, 5.41) is 0. The summed E-state index contributed by atoms with van der Waals surface area (Å²) in [6.45, 7) is 3.97. The van der Waals surface area contributed by atoms with Crippen molar-refractivity contribution in [3.05, 3.63) is 18.2 Å². The average molecular weight is 210 g/mol. The second-order valence-corrected chi connectivity index (χ2v) is 3.42. The van der Waals surface area contributed by atoms with Gasteiger partial charge in [0.15, 0.2) is 0 Å². The van der Waals surface area contributed by atoms with Gasteiger partial charge in [-0.05, 0) is 19.9 Å². The summed E-state index contributed by atoms with van der Waals surface area (Å²) < 4.78 is 1.73. The number of hydrogen-bond donors (Lipinski definition) is 1. The zero-order valence-electron chi connectivity index (χ0n) is 9.31. The summed E-state index contributed by atoms with van der Waals surface area (Å²) in [5.41, 5.74) is 6.04. The van der Waals surface area contributed by atoms with Crippen LogP contribution in [0.5, 0.6) is 0 Å². The van der Waals surface area contributed by atoms with Gasteiger partial charge in [-0.15, -0.1) is 0 Å². The van der Waals surface area contributed by atoms with Gasteiger partial charge in [0, 0.05) is 20.1 Å². The van der Waals surface area contributed by atoms with Crippen molar-refractivity contribution in [2.45, 2.75) is 13.3 Å². The SMILES string of the molecule is CCN(CCCN)C(=O)c1cncn1C. The second kappa shape index (κ2) is 5.50. The molecule has 0 radical (unpaired) electrons. The summed E-state index contributed by atoms with van der Waals surface area (Å²) in [6.07, 6.45) is 4.05. The second-order valence-electron chi connectivity index (χ2n) is 3.42. The first-order chi connectivity index (χ1) is 7.20. The topological polar surface area (TPSA) is 64.2 Å². The van der Waals surface area contributed by atoms with Gasteiger partial charge in [-0.2, -0.15) is 0 Å². The first-order valence-corrected chi connectivity index (χ1v) is 5.16. The Morgan fingerprint density at radius 2 is 2.40 bits per heavy atom. The minimum absolute atomic E-state index is 0.0194. The molecule has 0 saturated heterocycles. The highest BCUT2D eigenvalue weighted by atomic mass is 16.2. The highest BCUT2D eigenvalue weighted by Gasteiger charge is 2.16. The summed E-state index contributed by atoms with van der Waals surface area (Å²) in [4.78, 5) is 17.7. The van der Waals surface area contributed by atoms with Gasteiger partial charge in [-0.25, -0.2) is 4.98 Å². The number of amides is 1. The molecular weight excluding hydrogens is 192 g/mol. The third kappa shape index (κ3) is 2.79. The van der Waals surface area contributed by atoms with Crippen LogP contribution >= 0.6 is 0 Å². The van der Waals surface area contributed by atoms with Crippen LogP contribution in [-0.2, 0) is 7.05 Å². The Morgan fingerprint density at radius 1 is 1.67 bits per heavy atom. The number of nitrogens with two attached hydrogens (primary N) is 1. The molecule has 0 aliphatic carbocycles. The summed E-state index contributed by atoms with van der Waals surface area (Å²) in [6, 6.07) is 0. The van der Waals surface area contributed by atoms with E-state index < -0.39 is 0 Å². The monoisotopic (exact) mass is 210 g/mol. The molecule has 2 N–H and O–H groups in total. The number of imidazole rings is 1. The Labute approximate surface area is 89.9 Å². The molecule has 0 spiro atoms. The Balaban J connectivity index is 2.69. The molecule has 0 saturated carbocycles. The third-order valence-electron chi connectivity index (χ3n) is 2.34. The smallest absolute Gasteiger partial charge is 0.272 e. The molecule has 1 aromatic heterocycles. The number of carbonyl (C=O) groups is 1. The number of carbonyl (C=O) groups excluding carboxylic acids is 1. The van der Waals surface area contributed by atoms with Crippen LogP contribution in [0.2, 0.25) is 0 Å². The van der Waals surface area contributed by atoms with Crippen molar-refractivity contribution in [2.24, 2.45) is 12.8 Å². The predicted octanol–water partition coefficient (Wildman–Crippen LogP) is 0.231. The maximum absolute atomic E-state index is 12.0. The van der Waals surface area contributed by atoms with Crippen molar-refractivity contribution in [1.29, 1.82) is 0 Å². The van der Waals surface area contributed by atoms with E-state index in [0.717, 1.165) is 6.42 Å². The van der Waals surface area contributed by atoms with E-state index in [-0.39, 0.29) is 5.91 Å². The molecule has 5 heteroatoms. The van der Waals surface area contributed by atoms with Crippen LogP contribution < -0.4 is 5.73 Å². The molecule has 0 fully saturated rings. The van der Waals surface area contributed by atoms with Crippen LogP contribution in [0, 0.1) is 0 Å². The van der Waals surface area contributed by atoms with Crippen molar-refractivity contribution in [1.82, 2.24) is 14.5 Å². The summed E-state index contributed by atoms with van der Waals surface area (Å²) in [5.74, 6) is 0.0194. The van der Waals surface area contributed by atoms with Gasteiger partial charge >= 0.3 is 0 Å². The minimum Gasteiger partial charge on any atom is -0.338 e. The zero-order chi connectivity index (χ0) is 11.3. The van der Waals surface area contributed by atoms with Gasteiger partial charge in [0.25, 0.3) is 5.91 Å². The lowest BCUT2D eigenvalue weighted by atomic mass is 10.3. The Bertz CT molecular complexity index is 321. The molecule has 0 bridgehead atoms. The molecule has 1 heterocycles. The Morgan fingerprint density at radius 3 is 2.87 bits per heavy atom. The molecule has 84 valence electrons. The quantitative estimate of drug-likeness (QED) is 0.756. The van der Waals surface area contributed by atoms with E-state index in [1.807, 2.05) is 14.0 Å². The van der Waals surface area contributed by atoms with Crippen molar-refractivity contribution >= 4 is 5.91 Å². The summed E-state index contributed by atoms with van der Waals surface area (Å²) >= 11 is 0. The fourth-order valence-electron chi connectivity index (χ4n) is 1.41.